The van der Waals surface area contributed by atoms with Gasteiger partial charge in [-0.05, 0) is 68.1 Å². The van der Waals surface area contributed by atoms with Crippen LogP contribution in [0, 0.1) is 0 Å². The van der Waals surface area contributed by atoms with Crippen LogP contribution in [0.25, 0.3) is 0 Å². The fourth-order valence-electron chi connectivity index (χ4n) is 5.62. The van der Waals surface area contributed by atoms with Crippen LogP contribution < -0.4 is 10.1 Å². The first-order valence-corrected chi connectivity index (χ1v) is 13.9. The zero-order chi connectivity index (χ0) is 28.3. The van der Waals surface area contributed by atoms with Crippen LogP contribution in [0.3, 0.4) is 0 Å². The fraction of sp³-hybridized carbons (Fsp3) is 0.467. The number of hydrogen-bond donors (Lipinski definition) is 1. The third kappa shape index (κ3) is 6.06. The highest BCUT2D eigenvalue weighted by molar-refractivity contribution is 6.05. The maximum absolute atomic E-state index is 15.1. The summed E-state index contributed by atoms with van der Waals surface area (Å²) in [5, 5.41) is 2.26. The summed E-state index contributed by atoms with van der Waals surface area (Å²) in [6, 6.07) is 9.80. The van der Waals surface area contributed by atoms with E-state index in [0.717, 1.165) is 32.5 Å². The largest absolute Gasteiger partial charge is 0.492 e. The molecule has 8 nitrogen and oxygen atoms in total. The molecule has 3 amide bonds. The molecule has 2 aromatic rings. The number of carbonyl (C=O) groups is 4. The first-order valence-electron chi connectivity index (χ1n) is 13.9. The summed E-state index contributed by atoms with van der Waals surface area (Å²) in [5.74, 6) is -5.72. The van der Waals surface area contributed by atoms with Crippen molar-refractivity contribution in [1.29, 1.82) is 0 Å². The molecule has 2 saturated heterocycles. The molecule has 2 fully saturated rings. The molecule has 1 N–H and O–H groups in total. The van der Waals surface area contributed by atoms with Gasteiger partial charge in [0.25, 0.3) is 5.91 Å². The lowest BCUT2D eigenvalue weighted by molar-refractivity contribution is -0.144. The van der Waals surface area contributed by atoms with Crippen LogP contribution >= 0.6 is 0 Å². The average molecular weight is 554 g/mol. The highest BCUT2D eigenvalue weighted by Gasteiger charge is 2.41. The van der Waals surface area contributed by atoms with Crippen molar-refractivity contribution in [2.45, 2.75) is 63.5 Å². The van der Waals surface area contributed by atoms with Crippen molar-refractivity contribution in [3.8, 4) is 5.75 Å². The molecule has 10 heteroatoms. The van der Waals surface area contributed by atoms with E-state index in [4.69, 9.17) is 4.74 Å². The first kappa shape index (κ1) is 27.9. The molecule has 1 atom stereocenters. The number of ether oxygens (including phenoxy) is 1. The minimum atomic E-state index is -3.67. The standard InChI is InChI=1S/C30H33F2N3O5/c31-30(32,22-5-4-6-23(18-22)40-16-15-34-13-2-1-3-14-34)26(36)11-8-20-7-9-24-21(17-20)19-35(29(24)39)25-10-12-27(37)33-28(25)38/h4-7,9,17-18,25H,1-3,8,10-16,19H2,(H,33,37,38). The quantitative estimate of drug-likeness (QED) is 0.452. The molecule has 212 valence electrons. The number of nitrogens with one attached hydrogen (secondary N) is 1. The number of likely N-dealkylation sites (tertiary alicyclic amines) is 1. The number of piperidine rings is 2. The molecular weight excluding hydrogens is 520 g/mol. The molecule has 2 aromatic carbocycles. The number of ketones is 1. The molecule has 3 aliphatic rings. The van der Waals surface area contributed by atoms with Crippen molar-refractivity contribution in [2.75, 3.05) is 26.2 Å². The van der Waals surface area contributed by atoms with Gasteiger partial charge in [-0.25, -0.2) is 0 Å². The van der Waals surface area contributed by atoms with Crippen molar-refractivity contribution in [3.63, 3.8) is 0 Å². The number of carbonyl (C=O) groups excluding carboxylic acids is 4. The van der Waals surface area contributed by atoms with Gasteiger partial charge in [-0.3, -0.25) is 29.4 Å². The zero-order valence-corrected chi connectivity index (χ0v) is 22.3. The van der Waals surface area contributed by atoms with E-state index >= 15 is 8.78 Å². The predicted molar refractivity (Wildman–Crippen MR) is 142 cm³/mol. The van der Waals surface area contributed by atoms with E-state index in [-0.39, 0.29) is 44.0 Å². The summed E-state index contributed by atoms with van der Waals surface area (Å²) in [6.45, 7) is 3.36. The number of fused-ring (bicyclic) bond motifs is 1. The van der Waals surface area contributed by atoms with E-state index in [1.807, 2.05) is 0 Å². The minimum Gasteiger partial charge on any atom is -0.492 e. The van der Waals surface area contributed by atoms with E-state index in [1.54, 1.807) is 24.3 Å². The summed E-state index contributed by atoms with van der Waals surface area (Å²) < 4.78 is 35.9. The van der Waals surface area contributed by atoms with E-state index in [9.17, 15) is 19.2 Å². The van der Waals surface area contributed by atoms with Gasteiger partial charge < -0.3 is 9.64 Å². The highest BCUT2D eigenvalue weighted by Crippen LogP contribution is 2.33. The molecule has 0 saturated carbocycles. The molecular formula is C30H33F2N3O5. The lowest BCUT2D eigenvalue weighted by Crippen LogP contribution is -2.52. The third-order valence-corrected chi connectivity index (χ3v) is 7.90. The molecule has 0 spiro atoms. The van der Waals surface area contributed by atoms with Crippen LogP contribution in [0.15, 0.2) is 42.5 Å². The maximum Gasteiger partial charge on any atom is 0.330 e. The van der Waals surface area contributed by atoms with Crippen LogP contribution in [0.2, 0.25) is 0 Å². The highest BCUT2D eigenvalue weighted by atomic mass is 19.3. The maximum atomic E-state index is 15.1. The van der Waals surface area contributed by atoms with Crippen molar-refractivity contribution in [3.05, 3.63) is 64.7 Å². The van der Waals surface area contributed by atoms with Gasteiger partial charge >= 0.3 is 5.92 Å². The van der Waals surface area contributed by atoms with Crippen molar-refractivity contribution in [2.24, 2.45) is 0 Å². The van der Waals surface area contributed by atoms with Crippen LogP contribution in [0.5, 0.6) is 5.75 Å². The number of nitrogens with zero attached hydrogens (tertiary/aromatic N) is 2. The molecule has 0 radical (unpaired) electrons. The predicted octanol–water partition coefficient (Wildman–Crippen LogP) is 3.61. The summed E-state index contributed by atoms with van der Waals surface area (Å²) >= 11 is 0. The SMILES string of the molecule is O=C1CCC(N2Cc3cc(CCC(=O)C(F)(F)c4cccc(OCCN5CCCCC5)c4)ccc3C2=O)C(=O)N1. The average Bonchev–Trinajstić information content (AvgIpc) is 3.27. The monoisotopic (exact) mass is 553 g/mol. The summed E-state index contributed by atoms with van der Waals surface area (Å²) in [4.78, 5) is 52.9. The fourth-order valence-corrected chi connectivity index (χ4v) is 5.62. The molecule has 1 unspecified atom stereocenters. The molecule has 0 aromatic heterocycles. The smallest absolute Gasteiger partial charge is 0.330 e. The number of benzene rings is 2. The van der Waals surface area contributed by atoms with Gasteiger partial charge in [0.2, 0.25) is 17.6 Å². The number of amides is 3. The van der Waals surface area contributed by atoms with Gasteiger partial charge in [0.05, 0.1) is 0 Å². The Hall–Kier alpha value is -3.66. The van der Waals surface area contributed by atoms with Crippen LogP contribution in [0.4, 0.5) is 8.78 Å². The van der Waals surface area contributed by atoms with E-state index in [0.29, 0.717) is 29.0 Å². The van der Waals surface area contributed by atoms with E-state index in [1.165, 1.54) is 29.5 Å². The Morgan fingerprint density at radius 2 is 1.85 bits per heavy atom. The van der Waals surface area contributed by atoms with Gasteiger partial charge in [-0.15, -0.1) is 0 Å². The summed E-state index contributed by atoms with van der Waals surface area (Å²) in [6.07, 6.45) is 3.68. The summed E-state index contributed by atoms with van der Waals surface area (Å²) in [5.41, 5.74) is 1.35. The molecule has 5 rings (SSSR count). The Morgan fingerprint density at radius 3 is 2.62 bits per heavy atom. The minimum absolute atomic E-state index is 0.0837. The van der Waals surface area contributed by atoms with Gasteiger partial charge in [0, 0.05) is 37.1 Å². The zero-order valence-electron chi connectivity index (χ0n) is 22.3. The number of alkyl halides is 2. The molecule has 3 heterocycles. The van der Waals surface area contributed by atoms with Gasteiger partial charge in [0.15, 0.2) is 0 Å². The second-order valence-electron chi connectivity index (χ2n) is 10.7. The Morgan fingerprint density at radius 1 is 1.05 bits per heavy atom. The third-order valence-electron chi connectivity index (χ3n) is 7.90. The Kier molecular flexibility index (Phi) is 8.25. The van der Waals surface area contributed by atoms with E-state index in [2.05, 4.69) is 10.2 Å². The van der Waals surface area contributed by atoms with E-state index < -0.39 is 29.2 Å². The molecule has 3 aliphatic heterocycles. The summed E-state index contributed by atoms with van der Waals surface area (Å²) in [7, 11) is 0. The van der Waals surface area contributed by atoms with Crippen molar-refractivity contribution in [1.82, 2.24) is 15.1 Å². The van der Waals surface area contributed by atoms with Gasteiger partial charge in [-0.1, -0.05) is 30.7 Å². The topological polar surface area (TPSA) is 96.0 Å². The number of rotatable bonds is 10. The number of halogens is 2. The van der Waals surface area contributed by atoms with Gasteiger partial charge in [-0.2, -0.15) is 8.78 Å². The lowest BCUT2D eigenvalue weighted by atomic mass is 9.97. The van der Waals surface area contributed by atoms with Crippen LogP contribution in [0.1, 0.15) is 65.6 Å². The lowest BCUT2D eigenvalue weighted by Gasteiger charge is -2.29. The Balaban J connectivity index is 1.17. The first-order chi connectivity index (χ1) is 19.2. The number of hydrogen-bond acceptors (Lipinski definition) is 6. The van der Waals surface area contributed by atoms with Crippen molar-refractivity contribution >= 4 is 23.5 Å². The Labute approximate surface area is 231 Å². The van der Waals surface area contributed by atoms with Gasteiger partial charge in [0.1, 0.15) is 18.4 Å². The second-order valence-corrected chi connectivity index (χ2v) is 10.7. The Bertz CT molecular complexity index is 1310. The second kappa shape index (κ2) is 11.8. The number of imide groups is 1. The molecule has 0 bridgehead atoms. The van der Waals surface area contributed by atoms with Crippen LogP contribution in [-0.2, 0) is 33.3 Å². The number of Topliss-reactive ketones (excluding diaryl/α,β-unsaturated/α-hetero) is 1. The normalized spacial score (nSPS) is 19.9. The van der Waals surface area contributed by atoms with Crippen molar-refractivity contribution < 1.29 is 32.7 Å². The molecule has 40 heavy (non-hydrogen) atoms. The number of aryl methyl sites for hydroxylation is 1. The molecule has 0 aliphatic carbocycles. The van der Waals surface area contributed by atoms with Crippen LogP contribution in [-0.4, -0.2) is 65.6 Å².